The lowest BCUT2D eigenvalue weighted by atomic mass is 10.2. The van der Waals surface area contributed by atoms with Crippen molar-refractivity contribution in [2.75, 3.05) is 32.8 Å². The van der Waals surface area contributed by atoms with Crippen LogP contribution in [0.25, 0.3) is 0 Å². The van der Waals surface area contributed by atoms with E-state index in [1.54, 1.807) is 0 Å². The van der Waals surface area contributed by atoms with E-state index in [9.17, 15) is 0 Å². The Morgan fingerprint density at radius 1 is 1.59 bits per heavy atom. The minimum absolute atomic E-state index is 0.281. The van der Waals surface area contributed by atoms with E-state index >= 15 is 0 Å². The van der Waals surface area contributed by atoms with E-state index in [1.165, 1.54) is 0 Å². The molecule has 0 aromatic carbocycles. The zero-order valence-corrected chi connectivity index (χ0v) is 10.5. The lowest BCUT2D eigenvalue weighted by Crippen LogP contribution is -2.43. The maximum atomic E-state index is 5.77. The van der Waals surface area contributed by atoms with Crippen LogP contribution in [0.2, 0.25) is 0 Å². The summed E-state index contributed by atoms with van der Waals surface area (Å²) in [5.74, 6) is 0. The first kappa shape index (κ1) is 12.5. The molecular weight excluding hydrogens is 216 g/mol. The number of morpholine rings is 1. The molecule has 2 heterocycles. The van der Waals surface area contributed by atoms with Crippen molar-refractivity contribution in [3.8, 4) is 0 Å². The van der Waals surface area contributed by atoms with Crippen molar-refractivity contribution in [2.45, 2.75) is 26.0 Å². The van der Waals surface area contributed by atoms with Crippen LogP contribution >= 0.6 is 0 Å². The quantitative estimate of drug-likeness (QED) is 0.791. The molecule has 2 N–H and O–H groups in total. The lowest BCUT2D eigenvalue weighted by Gasteiger charge is -2.32. The second kappa shape index (κ2) is 6.14. The van der Waals surface area contributed by atoms with Gasteiger partial charge in [-0.2, -0.15) is 0 Å². The molecule has 1 aliphatic rings. The molecule has 5 heteroatoms. The molecule has 5 nitrogen and oxygen atoms in total. The van der Waals surface area contributed by atoms with Gasteiger partial charge in [0.15, 0.2) is 0 Å². The van der Waals surface area contributed by atoms with Crippen molar-refractivity contribution >= 4 is 0 Å². The van der Waals surface area contributed by atoms with Gasteiger partial charge in [-0.25, -0.2) is 4.98 Å². The third-order valence-corrected chi connectivity index (χ3v) is 3.17. The van der Waals surface area contributed by atoms with Crippen LogP contribution < -0.4 is 5.73 Å². The van der Waals surface area contributed by atoms with Crippen LogP contribution in [0, 0.1) is 0 Å². The zero-order valence-electron chi connectivity index (χ0n) is 10.5. The molecule has 17 heavy (non-hydrogen) atoms. The molecule has 1 saturated heterocycles. The molecule has 0 radical (unpaired) electrons. The van der Waals surface area contributed by atoms with Crippen molar-refractivity contribution in [3.63, 3.8) is 0 Å². The van der Waals surface area contributed by atoms with Crippen molar-refractivity contribution in [1.82, 2.24) is 14.5 Å². The van der Waals surface area contributed by atoms with Crippen molar-refractivity contribution in [2.24, 2.45) is 5.73 Å². The van der Waals surface area contributed by atoms with Gasteiger partial charge in [-0.15, -0.1) is 0 Å². The molecule has 96 valence electrons. The number of ether oxygens (including phenoxy) is 1. The fourth-order valence-corrected chi connectivity index (χ4v) is 2.20. The van der Waals surface area contributed by atoms with E-state index in [1.807, 2.05) is 6.33 Å². The maximum Gasteiger partial charge on any atom is 0.0950 e. The molecule has 0 bridgehead atoms. The summed E-state index contributed by atoms with van der Waals surface area (Å²) in [6, 6.07) is 0. The van der Waals surface area contributed by atoms with Crippen molar-refractivity contribution < 1.29 is 4.74 Å². The Bertz CT molecular complexity index is 339. The van der Waals surface area contributed by atoms with Crippen LogP contribution in [0.3, 0.4) is 0 Å². The molecule has 1 fully saturated rings. The Labute approximate surface area is 103 Å². The Hall–Kier alpha value is -0.910. The summed E-state index contributed by atoms with van der Waals surface area (Å²) in [7, 11) is 0. The maximum absolute atomic E-state index is 5.77. The Morgan fingerprint density at radius 2 is 2.47 bits per heavy atom. The first-order chi connectivity index (χ1) is 8.31. The first-order valence-electron chi connectivity index (χ1n) is 6.36. The molecule has 1 aromatic rings. The van der Waals surface area contributed by atoms with Crippen LogP contribution in [-0.4, -0.2) is 53.3 Å². The van der Waals surface area contributed by atoms with Gasteiger partial charge in [0.25, 0.3) is 0 Å². The number of likely N-dealkylation sites (N-methyl/N-ethyl adjacent to an activating group) is 1. The molecule has 0 spiro atoms. The SMILES string of the molecule is CCN1CCOC(Cn2cnc(CCN)c2)C1. The predicted molar refractivity (Wildman–Crippen MR) is 66.8 cm³/mol. The number of hydrogen-bond acceptors (Lipinski definition) is 4. The van der Waals surface area contributed by atoms with Gasteiger partial charge in [0, 0.05) is 25.7 Å². The molecular formula is C12H22N4O. The highest BCUT2D eigenvalue weighted by molar-refractivity contribution is 4.97. The highest BCUT2D eigenvalue weighted by atomic mass is 16.5. The Morgan fingerprint density at radius 3 is 3.24 bits per heavy atom. The summed E-state index contributed by atoms with van der Waals surface area (Å²) in [6.45, 7) is 7.73. The summed E-state index contributed by atoms with van der Waals surface area (Å²) in [6.07, 6.45) is 5.07. The smallest absolute Gasteiger partial charge is 0.0950 e. The van der Waals surface area contributed by atoms with Gasteiger partial charge in [-0.3, -0.25) is 4.90 Å². The highest BCUT2D eigenvalue weighted by Crippen LogP contribution is 2.08. The fourth-order valence-electron chi connectivity index (χ4n) is 2.20. The van der Waals surface area contributed by atoms with Crippen LogP contribution in [0.15, 0.2) is 12.5 Å². The molecule has 1 unspecified atom stereocenters. The molecule has 2 rings (SSSR count). The van der Waals surface area contributed by atoms with Gasteiger partial charge in [0.2, 0.25) is 0 Å². The highest BCUT2D eigenvalue weighted by Gasteiger charge is 2.19. The van der Waals surface area contributed by atoms with E-state index in [0.717, 1.165) is 44.9 Å². The predicted octanol–water partition coefficient (Wildman–Crippen LogP) is 0.105. The monoisotopic (exact) mass is 238 g/mol. The van der Waals surface area contributed by atoms with Gasteiger partial charge in [0.1, 0.15) is 0 Å². The largest absolute Gasteiger partial charge is 0.374 e. The van der Waals surface area contributed by atoms with E-state index in [4.69, 9.17) is 10.5 Å². The first-order valence-corrected chi connectivity index (χ1v) is 6.36. The molecule has 1 atom stereocenters. The molecule has 1 aromatic heterocycles. The summed E-state index contributed by atoms with van der Waals surface area (Å²) in [5, 5.41) is 0. The molecule has 0 aliphatic carbocycles. The van der Waals surface area contributed by atoms with Gasteiger partial charge >= 0.3 is 0 Å². The second-order valence-electron chi connectivity index (χ2n) is 4.49. The molecule has 0 saturated carbocycles. The Balaban J connectivity index is 1.86. The average molecular weight is 238 g/mol. The normalized spacial score (nSPS) is 21.9. The number of nitrogens with zero attached hydrogens (tertiary/aromatic N) is 3. The van der Waals surface area contributed by atoms with Crippen LogP contribution in [0.4, 0.5) is 0 Å². The van der Waals surface area contributed by atoms with Crippen molar-refractivity contribution in [1.29, 1.82) is 0 Å². The topological polar surface area (TPSA) is 56.3 Å². The fraction of sp³-hybridized carbons (Fsp3) is 0.750. The van der Waals surface area contributed by atoms with Crippen LogP contribution in [-0.2, 0) is 17.7 Å². The summed E-state index contributed by atoms with van der Waals surface area (Å²) in [4.78, 5) is 6.75. The second-order valence-corrected chi connectivity index (χ2v) is 4.49. The zero-order chi connectivity index (χ0) is 12.1. The third kappa shape index (κ3) is 3.52. The number of imidazole rings is 1. The third-order valence-electron chi connectivity index (χ3n) is 3.17. The number of nitrogens with two attached hydrogens (primary N) is 1. The van der Waals surface area contributed by atoms with E-state index in [0.29, 0.717) is 6.54 Å². The molecule has 0 amide bonds. The lowest BCUT2D eigenvalue weighted by molar-refractivity contribution is -0.0343. The van der Waals surface area contributed by atoms with Crippen LogP contribution in [0.5, 0.6) is 0 Å². The standard InChI is InChI=1S/C12H22N4O/c1-2-15-5-6-17-12(8-15)9-16-7-11(3-4-13)14-10-16/h7,10,12H,2-6,8-9,13H2,1H3. The van der Waals surface area contributed by atoms with Gasteiger partial charge in [-0.05, 0) is 13.1 Å². The number of rotatable bonds is 5. The van der Waals surface area contributed by atoms with Gasteiger partial charge in [0.05, 0.1) is 31.3 Å². The van der Waals surface area contributed by atoms with E-state index in [2.05, 4.69) is 27.6 Å². The summed E-state index contributed by atoms with van der Waals surface area (Å²) >= 11 is 0. The Kier molecular flexibility index (Phi) is 4.53. The van der Waals surface area contributed by atoms with E-state index < -0.39 is 0 Å². The number of aromatic nitrogens is 2. The summed E-state index contributed by atoms with van der Waals surface area (Å²) in [5.41, 5.74) is 6.58. The number of hydrogen-bond donors (Lipinski definition) is 1. The van der Waals surface area contributed by atoms with Crippen LogP contribution in [0.1, 0.15) is 12.6 Å². The minimum Gasteiger partial charge on any atom is -0.374 e. The van der Waals surface area contributed by atoms with E-state index in [-0.39, 0.29) is 6.10 Å². The molecule has 1 aliphatic heterocycles. The summed E-state index contributed by atoms with van der Waals surface area (Å²) < 4.78 is 7.87. The van der Waals surface area contributed by atoms with Gasteiger partial charge in [-0.1, -0.05) is 6.92 Å². The van der Waals surface area contributed by atoms with Gasteiger partial charge < -0.3 is 15.0 Å². The minimum atomic E-state index is 0.281. The average Bonchev–Trinajstić information content (AvgIpc) is 2.77. The van der Waals surface area contributed by atoms with Crippen molar-refractivity contribution in [3.05, 3.63) is 18.2 Å².